The summed E-state index contributed by atoms with van der Waals surface area (Å²) in [6, 6.07) is 61.0. The fourth-order valence-corrected chi connectivity index (χ4v) is 8.82. The third-order valence-electron chi connectivity index (χ3n) is 11.1. The molecule has 4 heterocycles. The van der Waals surface area contributed by atoms with Crippen molar-refractivity contribution in [2.45, 2.75) is 0 Å². The predicted octanol–water partition coefficient (Wildman–Crippen LogP) is 13.4. The summed E-state index contributed by atoms with van der Waals surface area (Å²) < 4.78 is 9.48. The highest BCUT2D eigenvalue weighted by Gasteiger charge is 2.21. The first-order chi connectivity index (χ1) is 25.8. The van der Waals surface area contributed by atoms with Gasteiger partial charge in [-0.25, -0.2) is 4.98 Å². The van der Waals surface area contributed by atoms with Crippen LogP contribution in [0.25, 0.3) is 115 Å². The van der Waals surface area contributed by atoms with Gasteiger partial charge >= 0.3 is 0 Å². The van der Waals surface area contributed by atoms with Crippen molar-refractivity contribution in [3.8, 4) is 33.5 Å². The van der Waals surface area contributed by atoms with Gasteiger partial charge in [0.1, 0.15) is 11.2 Å². The maximum absolute atomic E-state index is 7.04. The van der Waals surface area contributed by atoms with Crippen molar-refractivity contribution in [2.75, 3.05) is 0 Å². The van der Waals surface area contributed by atoms with Crippen LogP contribution in [0.15, 0.2) is 174 Å². The summed E-state index contributed by atoms with van der Waals surface area (Å²) >= 11 is 0. The van der Waals surface area contributed by atoms with Crippen LogP contribution in [-0.2, 0) is 0 Å². The van der Waals surface area contributed by atoms with Crippen LogP contribution < -0.4 is 0 Å². The van der Waals surface area contributed by atoms with Crippen LogP contribution >= 0.6 is 0 Å². The van der Waals surface area contributed by atoms with E-state index in [1.807, 2.05) is 6.07 Å². The Kier molecular flexibility index (Phi) is 5.50. The number of hydrogen-bond acceptors (Lipinski definition) is 2. The van der Waals surface area contributed by atoms with Gasteiger partial charge in [-0.15, -0.1) is 0 Å². The van der Waals surface area contributed by atoms with Crippen LogP contribution in [0.4, 0.5) is 0 Å². The molecule has 0 atom stereocenters. The molecule has 3 heteroatoms. The number of fused-ring (bicyclic) bond motifs is 13. The molecule has 0 radical (unpaired) electrons. The van der Waals surface area contributed by atoms with Gasteiger partial charge in [0.25, 0.3) is 0 Å². The molecule has 8 aromatic carbocycles. The summed E-state index contributed by atoms with van der Waals surface area (Å²) in [4.78, 5) is 5.16. The van der Waals surface area contributed by atoms with Crippen LogP contribution in [0.3, 0.4) is 0 Å². The number of benzene rings is 8. The molecule has 0 aliphatic rings. The summed E-state index contributed by atoms with van der Waals surface area (Å²) in [6.07, 6.45) is 0. The largest absolute Gasteiger partial charge is 0.455 e. The van der Waals surface area contributed by atoms with E-state index in [0.717, 1.165) is 66.0 Å². The van der Waals surface area contributed by atoms with Crippen molar-refractivity contribution < 1.29 is 4.42 Å². The van der Waals surface area contributed by atoms with Gasteiger partial charge in [0.15, 0.2) is 0 Å². The van der Waals surface area contributed by atoms with Crippen LogP contribution in [0, 0.1) is 0 Å². The minimum atomic E-state index is 0.898. The summed E-state index contributed by atoms with van der Waals surface area (Å²) in [5.41, 5.74) is 13.2. The van der Waals surface area contributed by atoms with Gasteiger partial charge in [-0.1, -0.05) is 127 Å². The van der Waals surface area contributed by atoms with Gasteiger partial charge in [-0.05, 0) is 59.2 Å². The van der Waals surface area contributed by atoms with E-state index < -0.39 is 0 Å². The Bertz CT molecular complexity index is 3320. The lowest BCUT2D eigenvalue weighted by atomic mass is 9.95. The topological polar surface area (TPSA) is 30.4 Å². The summed E-state index contributed by atoms with van der Waals surface area (Å²) in [5.74, 6) is 0. The van der Waals surface area contributed by atoms with Crippen molar-refractivity contribution >= 4 is 81.7 Å². The van der Waals surface area contributed by atoms with Gasteiger partial charge in [0.2, 0.25) is 0 Å². The Balaban J connectivity index is 1.09. The fourth-order valence-electron chi connectivity index (χ4n) is 8.82. The molecular formula is C49H28N2O. The minimum absolute atomic E-state index is 0.898. The molecule has 52 heavy (non-hydrogen) atoms. The van der Waals surface area contributed by atoms with Gasteiger partial charge in [0.05, 0.1) is 27.8 Å². The number of pyridine rings is 1. The molecule has 240 valence electrons. The van der Waals surface area contributed by atoms with E-state index in [2.05, 4.69) is 168 Å². The smallest absolute Gasteiger partial charge is 0.144 e. The molecule has 0 bridgehead atoms. The third-order valence-corrected chi connectivity index (χ3v) is 11.1. The second-order valence-corrected chi connectivity index (χ2v) is 13.9. The summed E-state index contributed by atoms with van der Waals surface area (Å²) in [5, 5.41) is 10.6. The monoisotopic (exact) mass is 660 g/mol. The fraction of sp³-hybridized carbons (Fsp3) is 0. The third kappa shape index (κ3) is 3.72. The number of aromatic nitrogens is 2. The molecule has 0 amide bonds. The molecule has 4 aromatic heterocycles. The molecule has 0 saturated carbocycles. The first-order valence-corrected chi connectivity index (χ1v) is 17.8. The van der Waals surface area contributed by atoms with E-state index in [-0.39, 0.29) is 0 Å². The van der Waals surface area contributed by atoms with Crippen molar-refractivity contribution in [3.63, 3.8) is 0 Å². The maximum Gasteiger partial charge on any atom is 0.144 e. The van der Waals surface area contributed by atoms with E-state index in [4.69, 9.17) is 9.40 Å². The second kappa shape index (κ2) is 10.3. The lowest BCUT2D eigenvalue weighted by Gasteiger charge is -2.10. The molecule has 12 rings (SSSR count). The lowest BCUT2D eigenvalue weighted by molar-refractivity contribution is 0.674. The number of rotatable bonds is 3. The average Bonchev–Trinajstić information content (AvgIpc) is 3.88. The Labute approximate surface area is 297 Å². The number of hydrogen-bond donors (Lipinski definition) is 0. The molecule has 0 aliphatic heterocycles. The van der Waals surface area contributed by atoms with Gasteiger partial charge in [0, 0.05) is 59.6 Å². The van der Waals surface area contributed by atoms with Crippen LogP contribution in [0.1, 0.15) is 0 Å². The standard InChI is InChI=1S/C49H28N2O/c1-2-12-29(13-3-1)46-39-25-24-37-36-20-11-19-33(48(36)52-49(37)45(39)38-18-4-7-21-42(38)50-46)31-15-10-14-30(26-31)32-27-40-34-16-5-8-22-43(34)51-44-23-9-6-17-35(44)41(28-32)47(40)51/h1-28H. The summed E-state index contributed by atoms with van der Waals surface area (Å²) in [7, 11) is 0. The lowest BCUT2D eigenvalue weighted by Crippen LogP contribution is -1.89. The number of nitrogens with zero attached hydrogens (tertiary/aromatic N) is 2. The Morgan fingerprint density at radius 3 is 1.77 bits per heavy atom. The Morgan fingerprint density at radius 2 is 0.981 bits per heavy atom. The maximum atomic E-state index is 7.04. The number of para-hydroxylation sites is 4. The highest BCUT2D eigenvalue weighted by Crippen LogP contribution is 2.45. The first-order valence-electron chi connectivity index (χ1n) is 17.8. The Morgan fingerprint density at radius 1 is 0.385 bits per heavy atom. The van der Waals surface area contributed by atoms with Crippen molar-refractivity contribution in [3.05, 3.63) is 170 Å². The van der Waals surface area contributed by atoms with Gasteiger partial charge in [-0.3, -0.25) is 0 Å². The predicted molar refractivity (Wildman–Crippen MR) is 217 cm³/mol. The van der Waals surface area contributed by atoms with Crippen molar-refractivity contribution in [2.24, 2.45) is 0 Å². The zero-order valence-corrected chi connectivity index (χ0v) is 28.0. The first kappa shape index (κ1) is 27.8. The van der Waals surface area contributed by atoms with E-state index in [1.165, 1.54) is 49.2 Å². The highest BCUT2D eigenvalue weighted by atomic mass is 16.3. The zero-order chi connectivity index (χ0) is 33.9. The molecule has 0 fully saturated rings. The molecule has 0 saturated heterocycles. The molecular weight excluding hydrogens is 633 g/mol. The highest BCUT2D eigenvalue weighted by molar-refractivity contribution is 6.26. The van der Waals surface area contributed by atoms with Crippen LogP contribution in [0.2, 0.25) is 0 Å². The molecule has 12 aromatic rings. The molecule has 0 spiro atoms. The van der Waals surface area contributed by atoms with E-state index in [9.17, 15) is 0 Å². The molecule has 3 nitrogen and oxygen atoms in total. The van der Waals surface area contributed by atoms with E-state index >= 15 is 0 Å². The van der Waals surface area contributed by atoms with E-state index in [1.54, 1.807) is 0 Å². The van der Waals surface area contributed by atoms with Crippen LogP contribution in [0.5, 0.6) is 0 Å². The normalized spacial score (nSPS) is 12.2. The Hall–Kier alpha value is -6.97. The SMILES string of the molecule is c1ccc(-c2nc3ccccc3c3c2ccc2c4cccc(-c5cccc(-c6cc7c8ccccc8n8c9ccccc9c(c6)c78)c5)c4oc23)cc1. The molecule has 0 aliphatic carbocycles. The molecule has 0 unspecified atom stereocenters. The van der Waals surface area contributed by atoms with Gasteiger partial charge < -0.3 is 8.82 Å². The van der Waals surface area contributed by atoms with Gasteiger partial charge in [-0.2, -0.15) is 0 Å². The summed E-state index contributed by atoms with van der Waals surface area (Å²) in [6.45, 7) is 0. The van der Waals surface area contributed by atoms with Crippen molar-refractivity contribution in [1.82, 2.24) is 9.38 Å². The molecule has 0 N–H and O–H groups in total. The quantitative estimate of drug-likeness (QED) is 0.177. The minimum Gasteiger partial charge on any atom is -0.455 e. The van der Waals surface area contributed by atoms with Crippen LogP contribution in [-0.4, -0.2) is 9.38 Å². The number of furan rings is 1. The second-order valence-electron chi connectivity index (χ2n) is 13.9. The van der Waals surface area contributed by atoms with Crippen molar-refractivity contribution in [1.29, 1.82) is 0 Å². The average molecular weight is 661 g/mol. The zero-order valence-electron chi connectivity index (χ0n) is 28.0. The van der Waals surface area contributed by atoms with E-state index in [0.29, 0.717) is 0 Å².